The van der Waals surface area contributed by atoms with Gasteiger partial charge in [0.1, 0.15) is 17.4 Å². The fraction of sp³-hybridized carbons (Fsp3) is 0.154. The first-order valence-electron chi connectivity index (χ1n) is 10.2. The van der Waals surface area contributed by atoms with Crippen molar-refractivity contribution in [2.75, 3.05) is 11.9 Å². The Morgan fingerprint density at radius 2 is 1.88 bits per heavy atom. The highest BCUT2D eigenvalue weighted by atomic mass is 127. The van der Waals surface area contributed by atoms with Gasteiger partial charge in [-0.3, -0.25) is 4.79 Å². The standard InChI is InChI=1S/C26H21Cl2IN2O2/c1-3-33-25-13-17(12-23(29)20(25)14-18-7-4-5-8-22(18)28)11-19(15-30)26(32)31-24-10-6-9-21(27)16(24)2/h4-13H,3,14H2,1-2H3,(H,31,32)/b19-11+. The van der Waals surface area contributed by atoms with Crippen molar-refractivity contribution >= 4 is 63.5 Å². The van der Waals surface area contributed by atoms with E-state index in [1.165, 1.54) is 0 Å². The number of halogens is 3. The van der Waals surface area contributed by atoms with Gasteiger partial charge < -0.3 is 10.1 Å². The Labute approximate surface area is 217 Å². The minimum absolute atomic E-state index is 0.0218. The lowest BCUT2D eigenvalue weighted by Crippen LogP contribution is -2.14. The molecule has 33 heavy (non-hydrogen) atoms. The van der Waals surface area contributed by atoms with Gasteiger partial charge in [0, 0.05) is 31.3 Å². The predicted molar refractivity (Wildman–Crippen MR) is 143 cm³/mol. The number of nitrogens with one attached hydrogen (secondary N) is 1. The van der Waals surface area contributed by atoms with E-state index in [2.05, 4.69) is 27.9 Å². The van der Waals surface area contributed by atoms with Crippen molar-refractivity contribution < 1.29 is 9.53 Å². The molecule has 3 aromatic carbocycles. The van der Waals surface area contributed by atoms with Crippen LogP contribution < -0.4 is 10.1 Å². The molecule has 7 heteroatoms. The second kappa shape index (κ2) is 11.6. The highest BCUT2D eigenvalue weighted by Gasteiger charge is 2.15. The van der Waals surface area contributed by atoms with Gasteiger partial charge in [0.2, 0.25) is 0 Å². The zero-order valence-electron chi connectivity index (χ0n) is 18.1. The van der Waals surface area contributed by atoms with Gasteiger partial charge in [-0.2, -0.15) is 5.26 Å². The van der Waals surface area contributed by atoms with E-state index >= 15 is 0 Å². The van der Waals surface area contributed by atoms with Gasteiger partial charge in [-0.25, -0.2) is 0 Å². The van der Waals surface area contributed by atoms with Crippen molar-refractivity contribution in [3.05, 3.63) is 96.0 Å². The van der Waals surface area contributed by atoms with E-state index in [0.29, 0.717) is 40.1 Å². The number of benzene rings is 3. The molecule has 3 aromatic rings. The van der Waals surface area contributed by atoms with Crippen LogP contribution in [-0.4, -0.2) is 12.5 Å². The lowest BCUT2D eigenvalue weighted by molar-refractivity contribution is -0.112. The summed E-state index contributed by atoms with van der Waals surface area (Å²) in [5.74, 6) is 0.190. The van der Waals surface area contributed by atoms with Gasteiger partial charge in [0.15, 0.2) is 0 Å². The van der Waals surface area contributed by atoms with E-state index in [1.54, 1.807) is 24.3 Å². The molecule has 4 nitrogen and oxygen atoms in total. The number of nitriles is 1. The molecule has 0 saturated carbocycles. The summed E-state index contributed by atoms with van der Waals surface area (Å²) in [6.45, 7) is 4.21. The number of hydrogen-bond acceptors (Lipinski definition) is 3. The maximum Gasteiger partial charge on any atom is 0.266 e. The fourth-order valence-corrected chi connectivity index (χ4v) is 4.44. The molecule has 0 aliphatic carbocycles. The Hall–Kier alpha value is -2.53. The summed E-state index contributed by atoms with van der Waals surface area (Å²) in [6.07, 6.45) is 2.16. The van der Waals surface area contributed by atoms with Crippen molar-refractivity contribution in [3.8, 4) is 11.8 Å². The molecule has 0 bridgehead atoms. The molecular formula is C26H21Cl2IN2O2. The molecule has 0 saturated heterocycles. The van der Waals surface area contributed by atoms with Crippen LogP contribution in [-0.2, 0) is 11.2 Å². The Balaban J connectivity index is 1.94. The van der Waals surface area contributed by atoms with E-state index < -0.39 is 5.91 Å². The molecule has 0 spiro atoms. The molecular weight excluding hydrogens is 570 g/mol. The van der Waals surface area contributed by atoms with E-state index in [0.717, 1.165) is 20.3 Å². The van der Waals surface area contributed by atoms with Crippen LogP contribution in [0.1, 0.15) is 29.2 Å². The van der Waals surface area contributed by atoms with Crippen LogP contribution in [0.2, 0.25) is 10.0 Å². The van der Waals surface area contributed by atoms with Crippen LogP contribution in [0, 0.1) is 21.8 Å². The third-order valence-corrected chi connectivity index (χ3v) is 6.73. The van der Waals surface area contributed by atoms with Gasteiger partial charge in [-0.15, -0.1) is 0 Å². The molecule has 3 rings (SSSR count). The quantitative estimate of drug-likeness (QED) is 0.177. The number of carbonyl (C=O) groups is 1. The summed E-state index contributed by atoms with van der Waals surface area (Å²) in [6, 6.07) is 18.7. The van der Waals surface area contributed by atoms with Gasteiger partial charge in [0.05, 0.1) is 6.61 Å². The monoisotopic (exact) mass is 590 g/mol. The minimum atomic E-state index is -0.504. The normalized spacial score (nSPS) is 11.1. The molecule has 0 radical (unpaired) electrons. The van der Waals surface area contributed by atoms with Crippen LogP contribution in [0.3, 0.4) is 0 Å². The lowest BCUT2D eigenvalue weighted by Gasteiger charge is -2.15. The maximum atomic E-state index is 12.8. The third kappa shape index (κ3) is 6.29. The highest BCUT2D eigenvalue weighted by Crippen LogP contribution is 2.32. The number of anilines is 1. The van der Waals surface area contributed by atoms with Crippen molar-refractivity contribution in [1.29, 1.82) is 5.26 Å². The molecule has 0 aromatic heterocycles. The number of nitrogens with zero attached hydrogens (tertiary/aromatic N) is 1. The maximum absolute atomic E-state index is 12.8. The first-order chi connectivity index (χ1) is 15.8. The predicted octanol–water partition coefficient (Wildman–Crippen LogP) is 7.44. The summed E-state index contributed by atoms with van der Waals surface area (Å²) in [5, 5.41) is 13.6. The zero-order valence-corrected chi connectivity index (χ0v) is 21.8. The second-order valence-electron chi connectivity index (χ2n) is 7.22. The summed E-state index contributed by atoms with van der Waals surface area (Å²) < 4.78 is 6.85. The van der Waals surface area contributed by atoms with Crippen molar-refractivity contribution in [3.63, 3.8) is 0 Å². The first-order valence-corrected chi connectivity index (χ1v) is 12.0. The molecule has 168 valence electrons. The van der Waals surface area contributed by atoms with Crippen molar-refractivity contribution in [2.45, 2.75) is 20.3 Å². The summed E-state index contributed by atoms with van der Waals surface area (Å²) in [5.41, 5.74) is 3.97. The van der Waals surface area contributed by atoms with Gasteiger partial charge in [0.25, 0.3) is 5.91 Å². The Morgan fingerprint density at radius 3 is 2.58 bits per heavy atom. The molecule has 0 aliphatic rings. The van der Waals surface area contributed by atoms with Crippen LogP contribution in [0.25, 0.3) is 6.08 Å². The molecule has 0 heterocycles. The number of amides is 1. The molecule has 0 atom stereocenters. The van der Waals surface area contributed by atoms with Crippen LogP contribution in [0.15, 0.2) is 60.2 Å². The molecule has 0 fully saturated rings. The summed E-state index contributed by atoms with van der Waals surface area (Å²) in [4.78, 5) is 12.8. The smallest absolute Gasteiger partial charge is 0.266 e. The zero-order chi connectivity index (χ0) is 24.0. The van der Waals surface area contributed by atoms with Crippen LogP contribution in [0.4, 0.5) is 5.69 Å². The van der Waals surface area contributed by atoms with E-state index in [4.69, 9.17) is 27.9 Å². The van der Waals surface area contributed by atoms with E-state index in [-0.39, 0.29) is 5.57 Å². The largest absolute Gasteiger partial charge is 0.494 e. The third-order valence-electron chi connectivity index (χ3n) is 4.99. The molecule has 0 unspecified atom stereocenters. The Bertz CT molecular complexity index is 1270. The van der Waals surface area contributed by atoms with Crippen LogP contribution in [0.5, 0.6) is 5.75 Å². The number of hydrogen-bond donors (Lipinski definition) is 1. The Morgan fingerprint density at radius 1 is 1.15 bits per heavy atom. The van der Waals surface area contributed by atoms with Gasteiger partial charge in [-0.1, -0.05) is 47.5 Å². The average Bonchev–Trinajstić information content (AvgIpc) is 2.79. The van der Waals surface area contributed by atoms with Crippen LogP contribution >= 0.6 is 45.8 Å². The molecule has 0 aliphatic heterocycles. The Kier molecular flexibility index (Phi) is 8.79. The lowest BCUT2D eigenvalue weighted by atomic mass is 10.0. The van der Waals surface area contributed by atoms with Gasteiger partial charge >= 0.3 is 0 Å². The highest BCUT2D eigenvalue weighted by molar-refractivity contribution is 14.1. The number of ether oxygens (including phenoxy) is 1. The SMILES string of the molecule is CCOc1cc(/C=C(\C#N)C(=O)Nc2cccc(Cl)c2C)cc(I)c1Cc1ccccc1Cl. The molecule has 1 amide bonds. The average molecular weight is 591 g/mol. The number of rotatable bonds is 7. The second-order valence-corrected chi connectivity index (χ2v) is 9.19. The van der Waals surface area contributed by atoms with Crippen molar-refractivity contribution in [2.24, 2.45) is 0 Å². The van der Waals surface area contributed by atoms with Gasteiger partial charge in [-0.05, 0) is 89.5 Å². The summed E-state index contributed by atoms with van der Waals surface area (Å²) >= 11 is 14.7. The summed E-state index contributed by atoms with van der Waals surface area (Å²) in [7, 11) is 0. The fourth-order valence-electron chi connectivity index (χ4n) is 3.25. The van der Waals surface area contributed by atoms with E-state index in [1.807, 2.05) is 56.3 Å². The van der Waals surface area contributed by atoms with Crippen molar-refractivity contribution in [1.82, 2.24) is 0 Å². The number of carbonyl (C=O) groups excluding carboxylic acids is 1. The molecule has 1 N–H and O–H groups in total. The minimum Gasteiger partial charge on any atom is -0.494 e. The van der Waals surface area contributed by atoms with E-state index in [9.17, 15) is 10.1 Å². The first kappa shape index (κ1) is 25.1. The topological polar surface area (TPSA) is 62.1 Å².